The number of carbonyl (C=O) groups excluding carboxylic acids is 3. The lowest BCUT2D eigenvalue weighted by atomic mass is 9.84. The molecule has 3 N–H and O–H groups in total. The van der Waals surface area contributed by atoms with E-state index in [2.05, 4.69) is 26.3 Å². The van der Waals surface area contributed by atoms with Gasteiger partial charge in [0.15, 0.2) is 5.78 Å². The number of hydrazone groups is 1. The molecule has 0 saturated heterocycles. The number of fused-ring (bicyclic) bond motifs is 1. The molecule has 3 aromatic rings. The molecule has 0 unspecified atom stereocenters. The van der Waals surface area contributed by atoms with Gasteiger partial charge < -0.3 is 15.9 Å². The smallest absolute Gasteiger partial charge is 0.339 e. The Labute approximate surface area is 213 Å². The summed E-state index contributed by atoms with van der Waals surface area (Å²) in [6.45, 7) is 0. The molecule has 7 nitrogen and oxygen atoms in total. The third kappa shape index (κ3) is 4.70. The van der Waals surface area contributed by atoms with Gasteiger partial charge in [0.05, 0.1) is 15.6 Å². The fourth-order valence-corrected chi connectivity index (χ4v) is 4.23. The summed E-state index contributed by atoms with van der Waals surface area (Å²) in [5, 5.41) is 6.74. The van der Waals surface area contributed by atoms with E-state index < -0.39 is 29.7 Å². The topological polar surface area (TPSA) is 111 Å². The maximum absolute atomic E-state index is 13.7. The molecule has 4 rings (SSSR count). The van der Waals surface area contributed by atoms with Gasteiger partial charge in [-0.25, -0.2) is 4.79 Å². The molecular formula is C24H16BrCl2N3O4. The molecule has 0 saturated carbocycles. The molecule has 1 aliphatic heterocycles. The van der Waals surface area contributed by atoms with E-state index in [9.17, 15) is 14.4 Å². The van der Waals surface area contributed by atoms with Crippen molar-refractivity contribution in [3.8, 4) is 0 Å². The van der Waals surface area contributed by atoms with Crippen LogP contribution in [0.1, 0.15) is 32.4 Å². The first kappa shape index (κ1) is 23.9. The average molecular weight is 561 g/mol. The van der Waals surface area contributed by atoms with Crippen molar-refractivity contribution >= 4 is 68.2 Å². The van der Waals surface area contributed by atoms with Crippen LogP contribution >= 0.6 is 39.1 Å². The Hall–Kier alpha value is -3.20. The van der Waals surface area contributed by atoms with E-state index in [1.807, 2.05) is 0 Å². The molecule has 2 atom stereocenters. The molecule has 3 aromatic carbocycles. The Bertz CT molecular complexity index is 1330. The number of rotatable bonds is 6. The van der Waals surface area contributed by atoms with Crippen LogP contribution in [-0.4, -0.2) is 23.4 Å². The average Bonchev–Trinajstić information content (AvgIpc) is 3.16. The number of esters is 1. The number of nitrogens with two attached hydrogens (primary N) is 1. The van der Waals surface area contributed by atoms with Gasteiger partial charge in [0.25, 0.3) is 5.91 Å². The second-order valence-electron chi connectivity index (χ2n) is 7.36. The summed E-state index contributed by atoms with van der Waals surface area (Å²) < 4.78 is 6.37. The number of amides is 1. The minimum atomic E-state index is -1.34. The van der Waals surface area contributed by atoms with Crippen molar-refractivity contribution in [3.63, 3.8) is 0 Å². The molecule has 172 valence electrons. The first-order chi connectivity index (χ1) is 16.3. The molecular weight excluding hydrogens is 545 g/mol. The second-order valence-corrected chi connectivity index (χ2v) is 9.09. The first-order valence-corrected chi connectivity index (χ1v) is 11.5. The number of nitrogens with zero attached hydrogens (tertiary/aromatic N) is 1. The van der Waals surface area contributed by atoms with E-state index in [-0.39, 0.29) is 21.3 Å². The van der Waals surface area contributed by atoms with Gasteiger partial charge in [-0.2, -0.15) is 5.10 Å². The number of Topliss-reactive ketones (excluding diaryl/α,β-unsaturated/α-hetero) is 1. The van der Waals surface area contributed by atoms with Gasteiger partial charge in [-0.05, 0) is 48.5 Å². The third-order valence-corrected chi connectivity index (χ3v) is 6.55. The molecule has 1 heterocycles. The maximum Gasteiger partial charge on any atom is 0.339 e. The largest absolute Gasteiger partial charge is 0.453 e. The van der Waals surface area contributed by atoms with Crippen LogP contribution in [-0.2, 0) is 9.53 Å². The van der Waals surface area contributed by atoms with Gasteiger partial charge in [0.1, 0.15) is 17.7 Å². The quantitative estimate of drug-likeness (QED) is 0.137. The van der Waals surface area contributed by atoms with Gasteiger partial charge in [-0.1, -0.05) is 57.3 Å². The van der Waals surface area contributed by atoms with Crippen LogP contribution in [0.5, 0.6) is 0 Å². The third-order valence-electron chi connectivity index (χ3n) is 5.28. The molecule has 34 heavy (non-hydrogen) atoms. The van der Waals surface area contributed by atoms with Crippen LogP contribution in [0.25, 0.3) is 0 Å². The number of anilines is 1. The summed E-state index contributed by atoms with van der Waals surface area (Å²) in [5.41, 5.74) is 1.04. The van der Waals surface area contributed by atoms with Gasteiger partial charge >= 0.3 is 5.97 Å². The van der Waals surface area contributed by atoms with E-state index in [0.717, 1.165) is 4.47 Å². The van der Waals surface area contributed by atoms with Crippen molar-refractivity contribution in [2.45, 2.75) is 6.10 Å². The van der Waals surface area contributed by atoms with Crippen molar-refractivity contribution in [3.05, 3.63) is 97.9 Å². The SMILES string of the molecule is N/N=C(/C(=O)Nc1ccc(Br)cc1)[C@H](C(=O)c1ccc(Cl)c(Cl)c1)[C@@H]1OC(=O)c2ccccc21. The fourth-order valence-electron chi connectivity index (χ4n) is 3.66. The Morgan fingerprint density at radius 2 is 1.74 bits per heavy atom. The van der Waals surface area contributed by atoms with E-state index in [0.29, 0.717) is 16.8 Å². The van der Waals surface area contributed by atoms with Gasteiger partial charge in [0, 0.05) is 21.3 Å². The maximum atomic E-state index is 13.7. The van der Waals surface area contributed by atoms with E-state index in [4.69, 9.17) is 33.8 Å². The minimum Gasteiger partial charge on any atom is -0.453 e. The number of hydrogen-bond acceptors (Lipinski definition) is 6. The highest BCUT2D eigenvalue weighted by Crippen LogP contribution is 2.39. The number of cyclic esters (lactones) is 1. The summed E-state index contributed by atoms with van der Waals surface area (Å²) in [6, 6.07) is 17.7. The number of hydrogen-bond donors (Lipinski definition) is 2. The zero-order valence-electron chi connectivity index (χ0n) is 17.3. The number of carbonyl (C=O) groups is 3. The van der Waals surface area contributed by atoms with Crippen molar-refractivity contribution in [2.24, 2.45) is 16.9 Å². The van der Waals surface area contributed by atoms with Crippen LogP contribution in [0.4, 0.5) is 5.69 Å². The predicted molar refractivity (Wildman–Crippen MR) is 133 cm³/mol. The summed E-state index contributed by atoms with van der Waals surface area (Å²) in [5.74, 6) is 2.38. The number of ketones is 1. The van der Waals surface area contributed by atoms with E-state index in [1.165, 1.54) is 18.2 Å². The van der Waals surface area contributed by atoms with Crippen LogP contribution in [0, 0.1) is 5.92 Å². The molecule has 0 aliphatic carbocycles. The van der Waals surface area contributed by atoms with Crippen molar-refractivity contribution in [1.82, 2.24) is 0 Å². The number of benzene rings is 3. The number of nitrogens with one attached hydrogen (secondary N) is 1. The lowest BCUT2D eigenvalue weighted by Crippen LogP contribution is -2.39. The van der Waals surface area contributed by atoms with Gasteiger partial charge in [0.2, 0.25) is 0 Å². The Balaban J connectivity index is 1.77. The Kier molecular flexibility index (Phi) is 7.02. The molecule has 0 spiro atoms. The lowest BCUT2D eigenvalue weighted by molar-refractivity contribution is -0.110. The van der Waals surface area contributed by atoms with Crippen LogP contribution in [0.15, 0.2) is 76.3 Å². The van der Waals surface area contributed by atoms with Crippen LogP contribution in [0.2, 0.25) is 10.0 Å². The summed E-state index contributed by atoms with van der Waals surface area (Å²) in [6.07, 6.45) is -1.12. The molecule has 0 bridgehead atoms. The number of ether oxygens (including phenoxy) is 1. The van der Waals surface area contributed by atoms with E-state index >= 15 is 0 Å². The fraction of sp³-hybridized carbons (Fsp3) is 0.0833. The monoisotopic (exact) mass is 559 g/mol. The Morgan fingerprint density at radius 1 is 1.03 bits per heavy atom. The lowest BCUT2D eigenvalue weighted by Gasteiger charge is -2.23. The number of halogens is 3. The summed E-state index contributed by atoms with van der Waals surface area (Å²) >= 11 is 15.4. The van der Waals surface area contributed by atoms with Crippen molar-refractivity contribution < 1.29 is 19.1 Å². The van der Waals surface area contributed by atoms with Gasteiger partial charge in [-0.3, -0.25) is 9.59 Å². The highest BCUT2D eigenvalue weighted by atomic mass is 79.9. The van der Waals surface area contributed by atoms with Crippen molar-refractivity contribution in [2.75, 3.05) is 5.32 Å². The standard InChI is InChI=1S/C24H16BrCl2N3O4/c25-13-6-8-14(9-7-13)29-23(32)20(30-28)19(21(31)12-5-10-17(26)18(27)11-12)22-15-3-1-2-4-16(15)24(33)34-22/h1-11,19,22H,28H2,(H,29,32)/b30-20+/t19-,22-/m1/s1. The second kappa shape index (κ2) is 9.97. The van der Waals surface area contributed by atoms with Crippen LogP contribution in [0.3, 0.4) is 0 Å². The molecule has 10 heteroatoms. The molecule has 0 radical (unpaired) electrons. The molecule has 0 fully saturated rings. The van der Waals surface area contributed by atoms with Gasteiger partial charge in [-0.15, -0.1) is 0 Å². The molecule has 0 aromatic heterocycles. The highest BCUT2D eigenvalue weighted by Gasteiger charge is 2.45. The summed E-state index contributed by atoms with van der Waals surface area (Å²) in [4.78, 5) is 39.4. The minimum absolute atomic E-state index is 0.150. The molecule has 1 aliphatic rings. The van der Waals surface area contributed by atoms with E-state index in [1.54, 1.807) is 48.5 Å². The Morgan fingerprint density at radius 3 is 2.41 bits per heavy atom. The normalized spacial score (nSPS) is 15.9. The predicted octanol–water partition coefficient (Wildman–Crippen LogP) is 5.42. The first-order valence-electron chi connectivity index (χ1n) is 9.94. The highest BCUT2D eigenvalue weighted by molar-refractivity contribution is 9.10. The van der Waals surface area contributed by atoms with Crippen LogP contribution < -0.4 is 11.2 Å². The van der Waals surface area contributed by atoms with Crippen molar-refractivity contribution in [1.29, 1.82) is 0 Å². The summed E-state index contributed by atoms with van der Waals surface area (Å²) in [7, 11) is 0. The molecule has 1 amide bonds. The zero-order chi connectivity index (χ0) is 24.4. The zero-order valence-corrected chi connectivity index (χ0v) is 20.4.